The predicted octanol–water partition coefficient (Wildman–Crippen LogP) is 17.0. The third-order valence-electron chi connectivity index (χ3n) is 15.9. The van der Waals surface area contributed by atoms with Crippen molar-refractivity contribution in [2.45, 2.75) is 359 Å². The van der Waals surface area contributed by atoms with Gasteiger partial charge in [0.2, 0.25) is 5.91 Å². The van der Waals surface area contributed by atoms with Crippen LogP contribution in [-0.4, -0.2) is 99.6 Å². The quantitative estimate of drug-likeness (QED) is 0.0195. The van der Waals surface area contributed by atoms with Crippen molar-refractivity contribution in [2.75, 3.05) is 13.2 Å². The van der Waals surface area contributed by atoms with Crippen molar-refractivity contribution in [3.63, 3.8) is 0 Å². The van der Waals surface area contributed by atoms with Gasteiger partial charge in [0.15, 0.2) is 12.4 Å². The topological polar surface area (TPSA) is 175 Å². The summed E-state index contributed by atoms with van der Waals surface area (Å²) in [5.41, 5.74) is 0. The first-order chi connectivity index (χ1) is 39.7. The molecule has 0 saturated carbocycles. The second-order valence-electron chi connectivity index (χ2n) is 23.6. The van der Waals surface area contributed by atoms with E-state index in [4.69, 9.17) is 14.2 Å². The second-order valence-corrected chi connectivity index (χ2v) is 23.6. The maximum absolute atomic E-state index is 13.5. The summed E-state index contributed by atoms with van der Waals surface area (Å²) in [6.45, 7) is 5.79. The largest absolute Gasteiger partial charge is 0.454 e. The van der Waals surface area contributed by atoms with E-state index in [1.807, 2.05) is 6.08 Å². The van der Waals surface area contributed by atoms with E-state index in [-0.39, 0.29) is 19.4 Å². The van der Waals surface area contributed by atoms with Crippen LogP contribution in [0.5, 0.6) is 0 Å². The Kier molecular flexibility index (Phi) is 54.5. The highest BCUT2D eigenvalue weighted by molar-refractivity contribution is 5.80. The fourth-order valence-corrected chi connectivity index (χ4v) is 10.5. The Morgan fingerprint density at radius 2 is 0.852 bits per heavy atom. The van der Waals surface area contributed by atoms with Gasteiger partial charge in [-0.25, -0.2) is 0 Å². The molecule has 0 spiro atoms. The molecule has 8 atom stereocenters. The molecule has 1 amide bonds. The summed E-state index contributed by atoms with van der Waals surface area (Å²) in [5, 5.41) is 57.2. The van der Waals surface area contributed by atoms with Crippen LogP contribution < -0.4 is 5.32 Å². The maximum atomic E-state index is 13.5. The average molecular weight is 1140 g/mol. The third kappa shape index (κ3) is 45.4. The molecule has 1 aliphatic rings. The summed E-state index contributed by atoms with van der Waals surface area (Å²) < 4.78 is 17.7. The number of hydrogen-bond donors (Lipinski definition) is 6. The Balaban J connectivity index is 2.65. The van der Waals surface area contributed by atoms with Crippen LogP contribution in [0.25, 0.3) is 0 Å². The molecule has 1 rings (SSSR count). The van der Waals surface area contributed by atoms with E-state index in [2.05, 4.69) is 74.7 Å². The fraction of sp³-hybridized carbons (Fsp3) is 0.829. The van der Waals surface area contributed by atoms with Gasteiger partial charge in [0.1, 0.15) is 24.4 Å². The van der Waals surface area contributed by atoms with Crippen LogP contribution in [-0.2, 0) is 23.8 Å². The van der Waals surface area contributed by atoms with Gasteiger partial charge in [-0.15, -0.1) is 0 Å². The smallest absolute Gasteiger partial charge is 0.306 e. The van der Waals surface area contributed by atoms with Crippen molar-refractivity contribution < 1.29 is 49.3 Å². The van der Waals surface area contributed by atoms with Gasteiger partial charge in [0, 0.05) is 6.42 Å². The summed E-state index contributed by atoms with van der Waals surface area (Å²) >= 11 is 0. The number of carbonyl (C=O) groups excluding carboxylic acids is 2. The zero-order valence-corrected chi connectivity index (χ0v) is 52.4. The molecule has 0 aromatic rings. The second kappa shape index (κ2) is 57.8. The lowest BCUT2D eigenvalue weighted by atomic mass is 9.99. The van der Waals surface area contributed by atoms with Crippen molar-refractivity contribution in [1.82, 2.24) is 5.32 Å². The van der Waals surface area contributed by atoms with Crippen molar-refractivity contribution in [3.8, 4) is 0 Å². The molecule has 6 N–H and O–H groups in total. The van der Waals surface area contributed by atoms with E-state index in [0.29, 0.717) is 12.8 Å². The Morgan fingerprint density at radius 1 is 0.481 bits per heavy atom. The highest BCUT2D eigenvalue weighted by Crippen LogP contribution is 2.26. The molecule has 81 heavy (non-hydrogen) atoms. The van der Waals surface area contributed by atoms with Gasteiger partial charge >= 0.3 is 5.97 Å². The van der Waals surface area contributed by atoms with Gasteiger partial charge < -0.3 is 45.1 Å². The molecule has 8 unspecified atom stereocenters. The molecule has 0 aromatic carbocycles. The number of hydrogen-bond acceptors (Lipinski definition) is 10. The number of rotatable bonds is 58. The van der Waals surface area contributed by atoms with E-state index in [1.165, 1.54) is 180 Å². The molecule has 0 radical (unpaired) electrons. The molecule has 1 heterocycles. The van der Waals surface area contributed by atoms with Gasteiger partial charge in [-0.3, -0.25) is 9.59 Å². The summed E-state index contributed by atoms with van der Waals surface area (Å²) in [6, 6.07) is -1.03. The normalized spacial score (nSPS) is 19.0. The van der Waals surface area contributed by atoms with Gasteiger partial charge in [0.25, 0.3) is 0 Å². The molecule has 0 bridgehead atoms. The van der Waals surface area contributed by atoms with E-state index in [0.717, 1.165) is 83.5 Å². The summed E-state index contributed by atoms with van der Waals surface area (Å²) in [5.74, 6) is -1.20. The molecule has 1 fully saturated rings. The highest BCUT2D eigenvalue weighted by Gasteiger charge is 2.47. The Bertz CT molecular complexity index is 1550. The Morgan fingerprint density at radius 3 is 1.30 bits per heavy atom. The number of esters is 1. The van der Waals surface area contributed by atoms with Gasteiger partial charge in [-0.05, 0) is 70.6 Å². The SMILES string of the molecule is CCCCC/C=C\C/C=C\C/C=C\C/C=C\CCCCCCC(O)C(=O)NC(COC1OC(CO)C(O)C(O)C1OC(=O)CCCCCCCCCCCCCCCCCCCCC)C(O)/C=C/CCCCCCCCCCCCC. The lowest BCUT2D eigenvalue weighted by Gasteiger charge is -2.41. The van der Waals surface area contributed by atoms with Crippen molar-refractivity contribution in [2.24, 2.45) is 0 Å². The van der Waals surface area contributed by atoms with Crippen molar-refractivity contribution in [1.29, 1.82) is 0 Å². The number of amides is 1. The number of unbranched alkanes of at least 4 members (excludes halogenated alkanes) is 36. The number of ether oxygens (including phenoxy) is 3. The standard InChI is InChI=1S/C70H127NO10/c1-4-7-10-13-16-19-22-25-27-29-31-33-34-36-39-42-45-48-51-54-57-63(74)69(78)71-61(62(73)56-53-50-47-44-41-38-24-21-18-15-12-9-6-3)60-79-70-68(67(77)66(76)64(59-72)80-70)81-65(75)58-55-52-49-46-43-40-37-35-32-30-28-26-23-20-17-14-11-8-5-2/h16,19,25,27,31,33,36,39,53,56,61-64,66-68,70,72-74,76-77H,4-15,17-18,20-24,26,28-30,32,34-35,37-38,40-52,54-55,57-60H2,1-3H3,(H,71,78)/b19-16-,27-25-,33-31-,39-36-,56-53+. The van der Waals surface area contributed by atoms with E-state index in [9.17, 15) is 35.1 Å². The van der Waals surface area contributed by atoms with Gasteiger partial charge in [0.05, 0.1) is 25.4 Å². The van der Waals surface area contributed by atoms with Gasteiger partial charge in [-0.1, -0.05) is 293 Å². The summed E-state index contributed by atoms with van der Waals surface area (Å²) in [6.07, 6.45) is 62.5. The van der Waals surface area contributed by atoms with Crippen LogP contribution in [0.3, 0.4) is 0 Å². The van der Waals surface area contributed by atoms with Crippen molar-refractivity contribution in [3.05, 3.63) is 60.8 Å². The first kappa shape index (κ1) is 76.4. The van der Waals surface area contributed by atoms with Crippen LogP contribution in [0.1, 0.15) is 310 Å². The van der Waals surface area contributed by atoms with Crippen LogP contribution in [0.4, 0.5) is 0 Å². The molecule has 0 aromatic heterocycles. The van der Waals surface area contributed by atoms with E-state index < -0.39 is 67.4 Å². The summed E-state index contributed by atoms with van der Waals surface area (Å²) in [7, 11) is 0. The molecular formula is C70H127NO10. The Labute approximate surface area is 497 Å². The van der Waals surface area contributed by atoms with Crippen molar-refractivity contribution >= 4 is 11.9 Å². The maximum Gasteiger partial charge on any atom is 0.306 e. The zero-order valence-electron chi connectivity index (χ0n) is 52.4. The zero-order chi connectivity index (χ0) is 58.9. The van der Waals surface area contributed by atoms with Crippen LogP contribution in [0.15, 0.2) is 60.8 Å². The average Bonchev–Trinajstić information content (AvgIpc) is 3.46. The van der Waals surface area contributed by atoms with Gasteiger partial charge in [-0.2, -0.15) is 0 Å². The minimum absolute atomic E-state index is 0.124. The predicted molar refractivity (Wildman–Crippen MR) is 338 cm³/mol. The first-order valence-corrected chi connectivity index (χ1v) is 34.1. The van der Waals surface area contributed by atoms with E-state index in [1.54, 1.807) is 6.08 Å². The monoisotopic (exact) mass is 1140 g/mol. The minimum Gasteiger partial charge on any atom is -0.454 e. The fourth-order valence-electron chi connectivity index (χ4n) is 10.5. The molecule has 472 valence electrons. The molecule has 1 saturated heterocycles. The molecule has 11 heteroatoms. The first-order valence-electron chi connectivity index (χ1n) is 34.1. The Hall–Kier alpha value is -2.64. The number of allylic oxidation sites excluding steroid dienone is 9. The highest BCUT2D eigenvalue weighted by atomic mass is 16.7. The molecular weight excluding hydrogens is 1010 g/mol. The van der Waals surface area contributed by atoms with Crippen LogP contribution >= 0.6 is 0 Å². The number of aliphatic hydroxyl groups excluding tert-OH is 5. The molecule has 0 aliphatic carbocycles. The van der Waals surface area contributed by atoms with Crippen LogP contribution in [0.2, 0.25) is 0 Å². The third-order valence-corrected chi connectivity index (χ3v) is 15.9. The molecule has 1 aliphatic heterocycles. The van der Waals surface area contributed by atoms with E-state index >= 15 is 0 Å². The lowest BCUT2D eigenvalue weighted by molar-refractivity contribution is -0.305. The number of nitrogens with one attached hydrogen (secondary N) is 1. The molecule has 11 nitrogen and oxygen atoms in total. The summed E-state index contributed by atoms with van der Waals surface area (Å²) in [4.78, 5) is 26.6. The number of aliphatic hydroxyl groups is 5. The number of carbonyl (C=O) groups is 2. The van der Waals surface area contributed by atoms with Crippen LogP contribution in [0, 0.1) is 0 Å². The minimum atomic E-state index is -1.62. The lowest BCUT2D eigenvalue weighted by Crippen LogP contribution is -2.61.